The number of hydrogen-bond donors (Lipinski definition) is 0. The van der Waals surface area contributed by atoms with Gasteiger partial charge in [0.1, 0.15) is 0 Å². The number of benzene rings is 2. The second-order valence-electron chi connectivity index (χ2n) is 4.91. The fraction of sp³-hybridized carbons (Fsp3) is 0.235. The van der Waals surface area contributed by atoms with Crippen molar-refractivity contribution < 1.29 is 4.79 Å². The van der Waals surface area contributed by atoms with Gasteiger partial charge in [0, 0.05) is 22.3 Å². The van der Waals surface area contributed by atoms with Crippen LogP contribution >= 0.6 is 15.9 Å². The van der Waals surface area contributed by atoms with Crippen LogP contribution in [0, 0.1) is 13.8 Å². The van der Waals surface area contributed by atoms with Crippen molar-refractivity contribution in [2.45, 2.75) is 20.8 Å². The highest BCUT2D eigenvalue weighted by molar-refractivity contribution is 9.10. The Morgan fingerprint density at radius 3 is 2.45 bits per heavy atom. The van der Waals surface area contributed by atoms with Crippen LogP contribution in [0.15, 0.2) is 46.9 Å². The maximum absolute atomic E-state index is 12.7. The molecule has 0 N–H and O–H groups in total. The number of carbonyl (C=O) groups excluding carboxylic acids is 1. The lowest BCUT2D eigenvalue weighted by atomic mass is 10.1. The molecule has 0 aliphatic carbocycles. The average Bonchev–Trinajstić information content (AvgIpc) is 2.38. The lowest BCUT2D eigenvalue weighted by Gasteiger charge is -2.22. The Bertz CT molecular complexity index is 616. The fourth-order valence-electron chi connectivity index (χ4n) is 2.25. The van der Waals surface area contributed by atoms with Gasteiger partial charge >= 0.3 is 0 Å². The maximum Gasteiger partial charge on any atom is 0.258 e. The summed E-state index contributed by atoms with van der Waals surface area (Å²) in [6, 6.07) is 13.8. The summed E-state index contributed by atoms with van der Waals surface area (Å²) in [6.07, 6.45) is 0. The lowest BCUT2D eigenvalue weighted by Crippen LogP contribution is -2.30. The summed E-state index contributed by atoms with van der Waals surface area (Å²) in [6.45, 7) is 6.66. The largest absolute Gasteiger partial charge is 0.309 e. The van der Waals surface area contributed by atoms with E-state index >= 15 is 0 Å². The third kappa shape index (κ3) is 3.28. The number of nitrogens with zero attached hydrogens (tertiary/aromatic N) is 1. The Morgan fingerprint density at radius 2 is 1.85 bits per heavy atom. The first-order valence-corrected chi connectivity index (χ1v) is 7.46. The van der Waals surface area contributed by atoms with Gasteiger partial charge in [0.15, 0.2) is 0 Å². The van der Waals surface area contributed by atoms with Crippen LogP contribution in [-0.2, 0) is 0 Å². The van der Waals surface area contributed by atoms with Crippen molar-refractivity contribution in [2.24, 2.45) is 0 Å². The molecule has 0 saturated heterocycles. The smallest absolute Gasteiger partial charge is 0.258 e. The van der Waals surface area contributed by atoms with Gasteiger partial charge < -0.3 is 4.90 Å². The first-order valence-electron chi connectivity index (χ1n) is 6.67. The van der Waals surface area contributed by atoms with Crippen molar-refractivity contribution in [1.82, 2.24) is 0 Å². The highest BCUT2D eigenvalue weighted by Gasteiger charge is 2.16. The predicted octanol–water partition coefficient (Wildman–Crippen LogP) is 4.73. The Labute approximate surface area is 128 Å². The van der Waals surface area contributed by atoms with E-state index in [0.29, 0.717) is 12.1 Å². The number of amides is 1. The molecule has 0 saturated carbocycles. The topological polar surface area (TPSA) is 20.3 Å². The van der Waals surface area contributed by atoms with E-state index in [9.17, 15) is 4.79 Å². The SMILES string of the molecule is CCN(C(=O)c1cc(C)cc(Br)c1)c1cccc(C)c1. The van der Waals surface area contributed by atoms with E-state index in [1.165, 1.54) is 0 Å². The lowest BCUT2D eigenvalue weighted by molar-refractivity contribution is 0.0988. The molecule has 104 valence electrons. The molecule has 0 heterocycles. The minimum absolute atomic E-state index is 0.0301. The van der Waals surface area contributed by atoms with Crippen molar-refractivity contribution in [3.05, 3.63) is 63.6 Å². The fourth-order valence-corrected chi connectivity index (χ4v) is 2.86. The van der Waals surface area contributed by atoms with Gasteiger partial charge in [-0.1, -0.05) is 28.1 Å². The van der Waals surface area contributed by atoms with E-state index in [1.54, 1.807) is 4.90 Å². The Hall–Kier alpha value is -1.61. The first kappa shape index (κ1) is 14.8. The summed E-state index contributed by atoms with van der Waals surface area (Å²) in [5.74, 6) is 0.0301. The standard InChI is InChI=1S/C17H18BrNO/c1-4-19(16-7-5-6-12(2)10-16)17(20)14-8-13(3)9-15(18)11-14/h5-11H,4H2,1-3H3. The van der Waals surface area contributed by atoms with Crippen molar-refractivity contribution >= 4 is 27.5 Å². The third-order valence-corrected chi connectivity index (χ3v) is 3.62. The molecule has 2 aromatic carbocycles. The molecule has 0 atom stereocenters. The first-order chi connectivity index (χ1) is 9.51. The van der Waals surface area contributed by atoms with Crippen LogP contribution < -0.4 is 4.90 Å². The molecule has 0 radical (unpaired) electrons. The van der Waals surface area contributed by atoms with Gasteiger partial charge in [-0.3, -0.25) is 4.79 Å². The summed E-state index contributed by atoms with van der Waals surface area (Å²) < 4.78 is 0.932. The number of halogens is 1. The van der Waals surface area contributed by atoms with E-state index in [2.05, 4.69) is 15.9 Å². The second-order valence-corrected chi connectivity index (χ2v) is 5.82. The normalized spacial score (nSPS) is 10.4. The number of rotatable bonds is 3. The highest BCUT2D eigenvalue weighted by Crippen LogP contribution is 2.21. The van der Waals surface area contributed by atoms with Gasteiger partial charge in [-0.05, 0) is 62.2 Å². The summed E-state index contributed by atoms with van der Waals surface area (Å²) in [5, 5.41) is 0. The van der Waals surface area contributed by atoms with Gasteiger partial charge in [0.2, 0.25) is 0 Å². The number of aryl methyl sites for hydroxylation is 2. The average molecular weight is 332 g/mol. The van der Waals surface area contributed by atoms with E-state index < -0.39 is 0 Å². The van der Waals surface area contributed by atoms with Crippen LogP contribution in [0.4, 0.5) is 5.69 Å². The van der Waals surface area contributed by atoms with Gasteiger partial charge in [-0.25, -0.2) is 0 Å². The quantitative estimate of drug-likeness (QED) is 0.795. The summed E-state index contributed by atoms with van der Waals surface area (Å²) >= 11 is 3.45. The minimum atomic E-state index is 0.0301. The van der Waals surface area contributed by atoms with Gasteiger partial charge in [0.25, 0.3) is 5.91 Å². The number of carbonyl (C=O) groups is 1. The zero-order valence-corrected chi connectivity index (χ0v) is 13.6. The summed E-state index contributed by atoms with van der Waals surface area (Å²) in [4.78, 5) is 14.5. The molecule has 0 fully saturated rings. The highest BCUT2D eigenvalue weighted by atomic mass is 79.9. The number of anilines is 1. The Morgan fingerprint density at radius 1 is 1.10 bits per heavy atom. The van der Waals surface area contributed by atoms with Gasteiger partial charge in [-0.15, -0.1) is 0 Å². The van der Waals surface area contributed by atoms with E-state index in [1.807, 2.05) is 63.2 Å². The van der Waals surface area contributed by atoms with Crippen molar-refractivity contribution in [1.29, 1.82) is 0 Å². The van der Waals surface area contributed by atoms with E-state index in [4.69, 9.17) is 0 Å². The van der Waals surface area contributed by atoms with Crippen molar-refractivity contribution in [3.63, 3.8) is 0 Å². The minimum Gasteiger partial charge on any atom is -0.309 e. The van der Waals surface area contributed by atoms with Crippen molar-refractivity contribution in [2.75, 3.05) is 11.4 Å². The molecule has 0 aromatic heterocycles. The zero-order chi connectivity index (χ0) is 14.7. The summed E-state index contributed by atoms with van der Waals surface area (Å²) in [7, 11) is 0. The molecule has 0 spiro atoms. The summed E-state index contributed by atoms with van der Waals surface area (Å²) in [5.41, 5.74) is 3.87. The van der Waals surface area contributed by atoms with E-state index in [-0.39, 0.29) is 5.91 Å². The third-order valence-electron chi connectivity index (χ3n) is 3.16. The van der Waals surface area contributed by atoms with E-state index in [0.717, 1.165) is 21.3 Å². The monoisotopic (exact) mass is 331 g/mol. The number of hydrogen-bond acceptors (Lipinski definition) is 1. The van der Waals surface area contributed by atoms with Crippen LogP contribution in [-0.4, -0.2) is 12.5 Å². The molecule has 2 rings (SSSR count). The molecule has 2 nitrogen and oxygen atoms in total. The predicted molar refractivity (Wildman–Crippen MR) is 87.4 cm³/mol. The molecule has 1 amide bonds. The maximum atomic E-state index is 12.7. The van der Waals surface area contributed by atoms with Gasteiger partial charge in [0.05, 0.1) is 0 Å². The Kier molecular flexibility index (Phi) is 4.61. The van der Waals surface area contributed by atoms with Crippen molar-refractivity contribution in [3.8, 4) is 0 Å². The van der Waals surface area contributed by atoms with Crippen LogP contribution in [0.3, 0.4) is 0 Å². The molecule has 2 aromatic rings. The van der Waals surface area contributed by atoms with Gasteiger partial charge in [-0.2, -0.15) is 0 Å². The molecule has 20 heavy (non-hydrogen) atoms. The second kappa shape index (κ2) is 6.23. The van der Waals surface area contributed by atoms with Crippen LogP contribution in [0.5, 0.6) is 0 Å². The molecular weight excluding hydrogens is 314 g/mol. The Balaban J connectivity index is 2.38. The van der Waals surface area contributed by atoms with Crippen LogP contribution in [0.25, 0.3) is 0 Å². The van der Waals surface area contributed by atoms with Crippen LogP contribution in [0.2, 0.25) is 0 Å². The molecule has 3 heteroatoms. The van der Waals surface area contributed by atoms with Crippen LogP contribution in [0.1, 0.15) is 28.4 Å². The molecule has 0 bridgehead atoms. The molecule has 0 aliphatic rings. The zero-order valence-electron chi connectivity index (χ0n) is 12.0. The molecular formula is C17H18BrNO. The molecule has 0 unspecified atom stereocenters. The molecule has 0 aliphatic heterocycles.